The van der Waals surface area contributed by atoms with Gasteiger partial charge in [0, 0.05) is 11.6 Å². The number of benzene rings is 1. The molecule has 0 atom stereocenters. The Morgan fingerprint density at radius 2 is 2.00 bits per heavy atom. The lowest BCUT2D eigenvalue weighted by atomic mass is 10.1. The second-order valence-corrected chi connectivity index (χ2v) is 5.28. The van der Waals surface area contributed by atoms with Crippen molar-refractivity contribution in [3.05, 3.63) is 52.3 Å². The summed E-state index contributed by atoms with van der Waals surface area (Å²) in [6.45, 7) is 0. The van der Waals surface area contributed by atoms with Crippen molar-refractivity contribution in [3.63, 3.8) is 0 Å². The Morgan fingerprint density at radius 3 is 2.57 bits per heavy atom. The molecule has 0 bridgehead atoms. The van der Waals surface area contributed by atoms with Crippen molar-refractivity contribution in [2.24, 2.45) is 5.73 Å². The van der Waals surface area contributed by atoms with Crippen molar-refractivity contribution in [3.8, 4) is 17.4 Å². The monoisotopic (exact) mass is 356 g/mol. The van der Waals surface area contributed by atoms with E-state index in [0.29, 0.717) is 0 Å². The number of nitriles is 1. The highest BCUT2D eigenvalue weighted by molar-refractivity contribution is 7.80. The number of rotatable bonds is 3. The molecule has 3 nitrogen and oxygen atoms in total. The summed E-state index contributed by atoms with van der Waals surface area (Å²) in [5.74, 6) is 0.352. The zero-order valence-corrected chi connectivity index (χ0v) is 12.9. The Kier molecular flexibility index (Phi) is 4.78. The van der Waals surface area contributed by atoms with Crippen LogP contribution < -0.4 is 5.73 Å². The van der Waals surface area contributed by atoms with Crippen molar-refractivity contribution in [1.82, 2.24) is 0 Å². The summed E-state index contributed by atoms with van der Waals surface area (Å²) in [6.07, 6.45) is -3.19. The van der Waals surface area contributed by atoms with E-state index in [-0.39, 0.29) is 32.7 Å². The fraction of sp³-hybridized carbons (Fsp3) is 0.0667. The predicted octanol–water partition coefficient (Wildman–Crippen LogP) is 4.81. The minimum absolute atomic E-state index is 0.0241. The van der Waals surface area contributed by atoms with Gasteiger partial charge in [0.1, 0.15) is 22.6 Å². The van der Waals surface area contributed by atoms with E-state index in [4.69, 9.17) is 39.2 Å². The van der Waals surface area contributed by atoms with Gasteiger partial charge in [-0.3, -0.25) is 0 Å². The molecule has 0 unspecified atom stereocenters. The van der Waals surface area contributed by atoms with Crippen molar-refractivity contribution < 1.29 is 17.6 Å². The predicted molar refractivity (Wildman–Crippen MR) is 84.5 cm³/mol. The average Bonchev–Trinajstić information content (AvgIpc) is 2.92. The summed E-state index contributed by atoms with van der Waals surface area (Å²) < 4.78 is 43.7. The first-order chi connectivity index (χ1) is 10.7. The van der Waals surface area contributed by atoms with Crippen molar-refractivity contribution in [2.45, 2.75) is 6.18 Å². The van der Waals surface area contributed by atoms with Gasteiger partial charge in [-0.05, 0) is 30.3 Å². The number of nitrogens with zero attached hydrogens (tertiary/aromatic N) is 1. The Labute approximate surface area is 139 Å². The Morgan fingerprint density at radius 1 is 1.30 bits per heavy atom. The minimum Gasteiger partial charge on any atom is -0.457 e. The highest BCUT2D eigenvalue weighted by atomic mass is 35.5. The lowest BCUT2D eigenvalue weighted by Gasteiger charge is -2.09. The molecule has 8 heteroatoms. The highest BCUT2D eigenvalue weighted by Crippen LogP contribution is 2.36. The Hall–Kier alpha value is -2.30. The van der Waals surface area contributed by atoms with Crippen LogP contribution in [0.4, 0.5) is 13.2 Å². The third kappa shape index (κ3) is 3.92. The molecule has 2 N–H and O–H groups in total. The molecule has 118 valence electrons. The number of nitrogens with two attached hydrogens (primary N) is 1. The van der Waals surface area contributed by atoms with E-state index in [9.17, 15) is 13.2 Å². The van der Waals surface area contributed by atoms with Crippen molar-refractivity contribution in [1.29, 1.82) is 5.26 Å². The van der Waals surface area contributed by atoms with Crippen molar-refractivity contribution in [2.75, 3.05) is 0 Å². The van der Waals surface area contributed by atoms with Crippen LogP contribution in [-0.4, -0.2) is 4.99 Å². The van der Waals surface area contributed by atoms with Crippen LogP contribution in [0.3, 0.4) is 0 Å². The van der Waals surface area contributed by atoms with E-state index in [1.807, 2.05) is 0 Å². The number of hydrogen-bond acceptors (Lipinski definition) is 3. The quantitative estimate of drug-likeness (QED) is 0.487. The first-order valence-electron chi connectivity index (χ1n) is 6.11. The molecule has 0 saturated heterocycles. The van der Waals surface area contributed by atoms with Gasteiger partial charge in [0.15, 0.2) is 0 Å². The van der Waals surface area contributed by atoms with Gasteiger partial charge >= 0.3 is 6.18 Å². The summed E-state index contributed by atoms with van der Waals surface area (Å²) in [4.78, 5) is -0.109. The van der Waals surface area contributed by atoms with Crippen molar-refractivity contribution >= 4 is 34.9 Å². The topological polar surface area (TPSA) is 63.0 Å². The Bertz CT molecular complexity index is 834. The van der Waals surface area contributed by atoms with Gasteiger partial charge in [0.2, 0.25) is 0 Å². The Balaban J connectivity index is 2.46. The summed E-state index contributed by atoms with van der Waals surface area (Å²) in [7, 11) is 0. The maximum atomic E-state index is 12.8. The standard InChI is InChI=1S/C15H8ClF3N2OS/c16-12-3-1-9(15(17,18)19)6-11(12)13-4-2-10(22-13)5-8(7-20)14(21)23/h1-6H,(H2,21,23)/b8-5+. The van der Waals surface area contributed by atoms with E-state index < -0.39 is 11.7 Å². The van der Waals surface area contributed by atoms with Crippen LogP contribution in [0.25, 0.3) is 17.4 Å². The van der Waals surface area contributed by atoms with Gasteiger partial charge in [-0.15, -0.1) is 0 Å². The molecule has 0 saturated carbocycles. The average molecular weight is 357 g/mol. The number of furan rings is 1. The third-order valence-electron chi connectivity index (χ3n) is 2.86. The van der Waals surface area contributed by atoms with Crippen LogP contribution in [0.1, 0.15) is 11.3 Å². The summed E-state index contributed by atoms with van der Waals surface area (Å²) in [5.41, 5.74) is 4.63. The molecule has 0 aliphatic heterocycles. The van der Waals surface area contributed by atoms with Gasteiger partial charge in [-0.2, -0.15) is 18.4 Å². The number of halogens is 4. The molecule has 0 aliphatic carbocycles. The zero-order valence-electron chi connectivity index (χ0n) is 11.3. The second-order valence-electron chi connectivity index (χ2n) is 4.43. The zero-order chi connectivity index (χ0) is 17.2. The fourth-order valence-electron chi connectivity index (χ4n) is 1.77. The number of alkyl halides is 3. The van der Waals surface area contributed by atoms with E-state index >= 15 is 0 Å². The first kappa shape index (κ1) is 17.1. The van der Waals surface area contributed by atoms with Crippen LogP contribution in [-0.2, 0) is 6.18 Å². The van der Waals surface area contributed by atoms with Gasteiger partial charge < -0.3 is 10.2 Å². The van der Waals surface area contributed by atoms with E-state index in [1.54, 1.807) is 6.07 Å². The van der Waals surface area contributed by atoms with Crippen LogP contribution in [0.2, 0.25) is 5.02 Å². The maximum absolute atomic E-state index is 12.8. The third-order valence-corrected chi connectivity index (χ3v) is 3.41. The molecule has 1 aromatic heterocycles. The maximum Gasteiger partial charge on any atom is 0.416 e. The summed E-state index contributed by atoms with van der Waals surface area (Å²) in [6, 6.07) is 7.65. The van der Waals surface area contributed by atoms with Crippen LogP contribution in [0.15, 0.2) is 40.3 Å². The first-order valence-corrected chi connectivity index (χ1v) is 6.89. The smallest absolute Gasteiger partial charge is 0.416 e. The highest BCUT2D eigenvalue weighted by Gasteiger charge is 2.31. The summed E-state index contributed by atoms with van der Waals surface area (Å²) >= 11 is 10.6. The lowest BCUT2D eigenvalue weighted by Crippen LogP contribution is -2.09. The largest absolute Gasteiger partial charge is 0.457 e. The molecule has 0 spiro atoms. The van der Waals surface area contributed by atoms with Gasteiger partial charge in [-0.25, -0.2) is 0 Å². The van der Waals surface area contributed by atoms with Crippen LogP contribution >= 0.6 is 23.8 Å². The molecule has 0 aliphatic rings. The van der Waals surface area contributed by atoms with Crippen LogP contribution in [0.5, 0.6) is 0 Å². The molecule has 1 aromatic carbocycles. The van der Waals surface area contributed by atoms with E-state index in [0.717, 1.165) is 18.2 Å². The minimum atomic E-state index is -4.49. The molecule has 2 rings (SSSR count). The normalized spacial score (nSPS) is 12.0. The molecule has 0 fully saturated rings. The molecule has 1 heterocycles. The SMILES string of the molecule is N#C/C(=C\c1ccc(-c2cc(C(F)(F)F)ccc2Cl)o1)C(N)=S. The number of hydrogen-bond donors (Lipinski definition) is 1. The van der Waals surface area contributed by atoms with E-state index in [2.05, 4.69) is 0 Å². The van der Waals surface area contributed by atoms with Gasteiger partial charge in [0.25, 0.3) is 0 Å². The molecule has 2 aromatic rings. The van der Waals surface area contributed by atoms with Gasteiger partial charge in [0.05, 0.1) is 16.2 Å². The molecule has 23 heavy (non-hydrogen) atoms. The molecular formula is C15H8ClF3N2OS. The molecule has 0 radical (unpaired) electrons. The van der Waals surface area contributed by atoms with Crippen LogP contribution in [0, 0.1) is 11.3 Å². The molecular weight excluding hydrogens is 349 g/mol. The second kappa shape index (κ2) is 6.44. The van der Waals surface area contributed by atoms with Gasteiger partial charge in [-0.1, -0.05) is 23.8 Å². The summed E-state index contributed by atoms with van der Waals surface area (Å²) in [5, 5.41) is 8.99. The fourth-order valence-corrected chi connectivity index (χ4v) is 2.08. The number of thiocarbonyl (C=S) groups is 1. The van der Waals surface area contributed by atoms with E-state index in [1.165, 1.54) is 18.2 Å². The lowest BCUT2D eigenvalue weighted by molar-refractivity contribution is -0.137. The molecule has 0 amide bonds.